The number of rotatable bonds is 5. The fraction of sp³-hybridized carbons (Fsp3) is 0.375. The first-order valence-corrected chi connectivity index (χ1v) is 7.08. The van der Waals surface area contributed by atoms with Crippen molar-refractivity contribution in [1.29, 1.82) is 0 Å². The molecular formula is C16H21N3O2. The Hall–Kier alpha value is -2.14. The molecule has 5 heteroatoms. The molecule has 0 unspecified atom stereocenters. The molecule has 0 aliphatic carbocycles. The highest BCUT2D eigenvalue weighted by Gasteiger charge is 2.06. The van der Waals surface area contributed by atoms with E-state index in [1.165, 1.54) is 28.8 Å². The second-order valence-corrected chi connectivity index (χ2v) is 5.10. The molecule has 0 saturated carbocycles. The van der Waals surface area contributed by atoms with E-state index in [1.807, 2.05) is 12.1 Å². The topological polar surface area (TPSA) is 56.0 Å². The normalized spacial score (nSPS) is 10.8. The summed E-state index contributed by atoms with van der Waals surface area (Å²) < 4.78 is 2.61. The van der Waals surface area contributed by atoms with E-state index >= 15 is 0 Å². The van der Waals surface area contributed by atoms with Crippen LogP contribution in [0, 0.1) is 0 Å². The maximum absolute atomic E-state index is 11.8. The molecule has 112 valence electrons. The third-order valence-electron chi connectivity index (χ3n) is 3.75. The van der Waals surface area contributed by atoms with E-state index < -0.39 is 0 Å². The summed E-state index contributed by atoms with van der Waals surface area (Å²) >= 11 is 0. The van der Waals surface area contributed by atoms with Crippen LogP contribution >= 0.6 is 0 Å². The van der Waals surface area contributed by atoms with Gasteiger partial charge >= 0.3 is 5.69 Å². The number of nitrogens with zero attached hydrogens (tertiary/aromatic N) is 2. The van der Waals surface area contributed by atoms with Crippen molar-refractivity contribution in [2.45, 2.75) is 26.4 Å². The number of nitrogens with one attached hydrogen (secondary N) is 1. The summed E-state index contributed by atoms with van der Waals surface area (Å²) in [4.78, 5) is 23.5. The number of aryl methyl sites for hydroxylation is 1. The van der Waals surface area contributed by atoms with Crippen LogP contribution in [0.1, 0.15) is 23.7 Å². The van der Waals surface area contributed by atoms with Gasteiger partial charge in [0.1, 0.15) is 0 Å². The van der Waals surface area contributed by atoms with Gasteiger partial charge in [0.05, 0.1) is 0 Å². The minimum absolute atomic E-state index is 0.274. The van der Waals surface area contributed by atoms with Gasteiger partial charge in [-0.3, -0.25) is 13.9 Å². The van der Waals surface area contributed by atoms with E-state index in [0.717, 1.165) is 11.0 Å². The number of aromatic nitrogens is 2. The molecular weight excluding hydrogens is 266 g/mol. The van der Waals surface area contributed by atoms with Gasteiger partial charge in [0.2, 0.25) is 0 Å². The zero-order valence-corrected chi connectivity index (χ0v) is 12.7. The lowest BCUT2D eigenvalue weighted by Crippen LogP contribution is -2.39. The predicted molar refractivity (Wildman–Crippen MR) is 83.3 cm³/mol. The summed E-state index contributed by atoms with van der Waals surface area (Å²) in [5, 5.41) is 3.30. The fourth-order valence-corrected chi connectivity index (χ4v) is 2.35. The Labute approximate surface area is 123 Å². The molecule has 0 radical (unpaired) electrons. The molecule has 0 atom stereocenters. The largest absolute Gasteiger partial charge is 0.330 e. The lowest BCUT2D eigenvalue weighted by atomic mass is 10.1. The van der Waals surface area contributed by atoms with Crippen molar-refractivity contribution in [3.63, 3.8) is 0 Å². The lowest BCUT2D eigenvalue weighted by Gasteiger charge is -2.12. The van der Waals surface area contributed by atoms with Gasteiger partial charge in [-0.15, -0.1) is 0 Å². The Morgan fingerprint density at radius 3 is 2.33 bits per heavy atom. The Morgan fingerprint density at radius 2 is 1.67 bits per heavy atom. The number of hydrogen-bond acceptors (Lipinski definition) is 3. The van der Waals surface area contributed by atoms with Crippen LogP contribution in [0.25, 0.3) is 0 Å². The molecule has 0 aliphatic heterocycles. The molecule has 0 amide bonds. The van der Waals surface area contributed by atoms with Crippen LogP contribution in [-0.4, -0.2) is 9.13 Å². The molecule has 0 saturated heterocycles. The SMILES string of the molecule is CCc1ccccc1CNCc1cc(=O)n(C)c(=O)n1C. The maximum atomic E-state index is 11.8. The van der Waals surface area contributed by atoms with Gasteiger partial charge in [-0.1, -0.05) is 31.2 Å². The zero-order valence-electron chi connectivity index (χ0n) is 12.7. The summed E-state index contributed by atoms with van der Waals surface area (Å²) in [7, 11) is 3.16. The van der Waals surface area contributed by atoms with E-state index in [1.54, 1.807) is 7.05 Å². The van der Waals surface area contributed by atoms with Crippen molar-refractivity contribution in [3.8, 4) is 0 Å². The molecule has 0 aliphatic rings. The van der Waals surface area contributed by atoms with Crippen LogP contribution in [0.4, 0.5) is 0 Å². The van der Waals surface area contributed by atoms with Crippen molar-refractivity contribution in [1.82, 2.24) is 14.5 Å². The Bertz CT molecular complexity index is 744. The van der Waals surface area contributed by atoms with Crippen LogP contribution in [0.2, 0.25) is 0 Å². The van der Waals surface area contributed by atoms with Gasteiger partial charge in [-0.25, -0.2) is 4.79 Å². The summed E-state index contributed by atoms with van der Waals surface area (Å²) in [6, 6.07) is 9.76. The minimum Gasteiger partial charge on any atom is -0.307 e. The quantitative estimate of drug-likeness (QED) is 0.890. The Kier molecular flexibility index (Phi) is 4.75. The molecule has 1 aromatic carbocycles. The van der Waals surface area contributed by atoms with Crippen molar-refractivity contribution in [2.75, 3.05) is 0 Å². The van der Waals surface area contributed by atoms with Crippen LogP contribution in [0.3, 0.4) is 0 Å². The number of benzene rings is 1. The van der Waals surface area contributed by atoms with E-state index in [-0.39, 0.29) is 11.2 Å². The molecule has 1 aromatic heterocycles. The fourth-order valence-electron chi connectivity index (χ4n) is 2.35. The first-order chi connectivity index (χ1) is 10.0. The van der Waals surface area contributed by atoms with Gasteiger partial charge in [-0.05, 0) is 17.5 Å². The molecule has 1 heterocycles. The lowest BCUT2D eigenvalue weighted by molar-refractivity contribution is 0.599. The second-order valence-electron chi connectivity index (χ2n) is 5.10. The molecule has 1 N–H and O–H groups in total. The summed E-state index contributed by atoms with van der Waals surface area (Å²) in [6.45, 7) is 3.33. The third kappa shape index (κ3) is 3.31. The Morgan fingerprint density at radius 1 is 1.00 bits per heavy atom. The van der Waals surface area contributed by atoms with E-state index in [9.17, 15) is 9.59 Å². The summed E-state index contributed by atoms with van der Waals surface area (Å²) in [5.74, 6) is 0. The minimum atomic E-state index is -0.298. The average molecular weight is 287 g/mol. The highest BCUT2D eigenvalue weighted by atomic mass is 16.2. The van der Waals surface area contributed by atoms with E-state index in [0.29, 0.717) is 18.8 Å². The van der Waals surface area contributed by atoms with Gasteiger partial charge in [0, 0.05) is 38.9 Å². The average Bonchev–Trinajstić information content (AvgIpc) is 2.50. The highest BCUT2D eigenvalue weighted by Crippen LogP contribution is 2.09. The van der Waals surface area contributed by atoms with Gasteiger partial charge < -0.3 is 5.32 Å². The van der Waals surface area contributed by atoms with Crippen molar-refractivity contribution in [2.24, 2.45) is 14.1 Å². The first kappa shape index (κ1) is 15.3. The highest BCUT2D eigenvalue weighted by molar-refractivity contribution is 5.26. The second kappa shape index (κ2) is 6.54. The van der Waals surface area contributed by atoms with Crippen LogP contribution in [0.15, 0.2) is 39.9 Å². The molecule has 0 spiro atoms. The smallest absolute Gasteiger partial charge is 0.307 e. The summed E-state index contributed by atoms with van der Waals surface area (Å²) in [6.07, 6.45) is 0.988. The van der Waals surface area contributed by atoms with Gasteiger partial charge in [0.25, 0.3) is 5.56 Å². The monoisotopic (exact) mass is 287 g/mol. The van der Waals surface area contributed by atoms with E-state index in [2.05, 4.69) is 24.4 Å². The third-order valence-corrected chi connectivity index (χ3v) is 3.75. The van der Waals surface area contributed by atoms with Crippen LogP contribution in [-0.2, 0) is 33.6 Å². The first-order valence-electron chi connectivity index (χ1n) is 7.08. The summed E-state index contributed by atoms with van der Waals surface area (Å²) in [5.41, 5.74) is 2.67. The van der Waals surface area contributed by atoms with E-state index in [4.69, 9.17) is 0 Å². The van der Waals surface area contributed by atoms with Gasteiger partial charge in [0.15, 0.2) is 0 Å². The molecule has 0 fully saturated rings. The van der Waals surface area contributed by atoms with Crippen molar-refractivity contribution >= 4 is 0 Å². The molecule has 0 bridgehead atoms. The zero-order chi connectivity index (χ0) is 15.4. The molecule has 21 heavy (non-hydrogen) atoms. The van der Waals surface area contributed by atoms with Gasteiger partial charge in [-0.2, -0.15) is 0 Å². The Balaban J connectivity index is 2.11. The predicted octanol–water partition coefficient (Wildman–Crippen LogP) is 0.936. The van der Waals surface area contributed by atoms with Crippen LogP contribution in [0.5, 0.6) is 0 Å². The van der Waals surface area contributed by atoms with Crippen LogP contribution < -0.4 is 16.6 Å². The molecule has 2 aromatic rings. The molecule has 5 nitrogen and oxygen atoms in total. The molecule has 2 rings (SSSR count). The maximum Gasteiger partial charge on any atom is 0.330 e. The van der Waals surface area contributed by atoms with Crippen molar-refractivity contribution in [3.05, 3.63) is 68.0 Å². The standard InChI is InChI=1S/C16H21N3O2/c1-4-12-7-5-6-8-13(12)10-17-11-14-9-15(20)19(3)16(21)18(14)2/h5-9,17H,4,10-11H2,1-3H3. The van der Waals surface area contributed by atoms with Crippen molar-refractivity contribution < 1.29 is 0 Å². The number of hydrogen-bond donors (Lipinski definition) is 1.